The summed E-state index contributed by atoms with van der Waals surface area (Å²) in [6.07, 6.45) is 6.49. The van der Waals surface area contributed by atoms with E-state index in [0.29, 0.717) is 6.04 Å². The van der Waals surface area contributed by atoms with Crippen LogP contribution in [0, 0.1) is 0 Å². The highest BCUT2D eigenvalue weighted by Gasteiger charge is 2.22. The molecule has 0 spiro atoms. The number of pyridine rings is 2. The molecule has 5 aromatic rings. The normalized spacial score (nSPS) is 13.4. The van der Waals surface area contributed by atoms with E-state index in [1.54, 1.807) is 0 Å². The molecule has 0 amide bonds. The Hall–Kier alpha value is -3.92. The zero-order valence-corrected chi connectivity index (χ0v) is 17.1. The lowest BCUT2D eigenvalue weighted by Gasteiger charge is -2.11. The molecule has 1 fully saturated rings. The van der Waals surface area contributed by atoms with Crippen molar-refractivity contribution in [2.75, 3.05) is 5.32 Å². The second kappa shape index (κ2) is 7.40. The van der Waals surface area contributed by atoms with Gasteiger partial charge in [-0.25, -0.2) is 9.97 Å². The van der Waals surface area contributed by atoms with Gasteiger partial charge in [-0.15, -0.1) is 0 Å². The zero-order chi connectivity index (χ0) is 20.6. The van der Waals surface area contributed by atoms with Crippen molar-refractivity contribution in [3.8, 4) is 33.6 Å². The third-order valence-corrected chi connectivity index (χ3v) is 5.74. The molecule has 3 heterocycles. The van der Waals surface area contributed by atoms with Crippen molar-refractivity contribution < 1.29 is 0 Å². The van der Waals surface area contributed by atoms with Crippen molar-refractivity contribution in [3.63, 3.8) is 0 Å². The maximum absolute atomic E-state index is 4.89. The monoisotopic (exact) mass is 402 g/mol. The zero-order valence-electron chi connectivity index (χ0n) is 17.1. The number of hydrogen-bond donors (Lipinski definition) is 1. The van der Waals surface area contributed by atoms with Gasteiger partial charge < -0.3 is 5.32 Å². The van der Waals surface area contributed by atoms with Crippen LogP contribution in [0.3, 0.4) is 0 Å². The number of nitrogens with one attached hydrogen (secondary N) is 1. The van der Waals surface area contributed by atoms with Gasteiger partial charge in [-0.2, -0.15) is 0 Å². The van der Waals surface area contributed by atoms with E-state index in [4.69, 9.17) is 9.97 Å². The van der Waals surface area contributed by atoms with Crippen LogP contribution in [0.25, 0.3) is 39.3 Å². The van der Waals surface area contributed by atoms with Gasteiger partial charge in [0.15, 0.2) is 0 Å². The van der Waals surface area contributed by atoms with Crippen molar-refractivity contribution in [2.45, 2.75) is 18.9 Å². The SMILES string of the molecule is c1ccc(-c2ccn3c(-c4cc(NC5CC5)nc(-c5ccccc5)c4)cnc3c2)cc1. The maximum Gasteiger partial charge on any atom is 0.137 e. The summed E-state index contributed by atoms with van der Waals surface area (Å²) in [5, 5.41) is 3.57. The predicted molar refractivity (Wildman–Crippen MR) is 126 cm³/mol. The van der Waals surface area contributed by atoms with Crippen LogP contribution in [-0.4, -0.2) is 20.4 Å². The number of fused-ring (bicyclic) bond motifs is 1. The van der Waals surface area contributed by atoms with Gasteiger partial charge in [0, 0.05) is 23.4 Å². The van der Waals surface area contributed by atoms with Gasteiger partial charge in [0.05, 0.1) is 17.6 Å². The molecule has 0 unspecified atom stereocenters. The van der Waals surface area contributed by atoms with Gasteiger partial charge in [0.2, 0.25) is 0 Å². The number of anilines is 1. The molecule has 1 N–H and O–H groups in total. The smallest absolute Gasteiger partial charge is 0.137 e. The van der Waals surface area contributed by atoms with Gasteiger partial charge in [-0.3, -0.25) is 4.40 Å². The van der Waals surface area contributed by atoms with Crippen molar-refractivity contribution in [1.82, 2.24) is 14.4 Å². The summed E-state index contributed by atoms with van der Waals surface area (Å²) in [6, 6.07) is 29.9. The Labute approximate surface area is 181 Å². The molecule has 4 nitrogen and oxygen atoms in total. The number of nitrogens with zero attached hydrogens (tertiary/aromatic N) is 3. The second-order valence-corrected chi connectivity index (χ2v) is 8.06. The Morgan fingerprint density at radius 2 is 1.48 bits per heavy atom. The van der Waals surface area contributed by atoms with Gasteiger partial charge in [-0.05, 0) is 48.2 Å². The van der Waals surface area contributed by atoms with Crippen LogP contribution < -0.4 is 5.32 Å². The molecule has 150 valence electrons. The minimum atomic E-state index is 0.544. The molecule has 2 aromatic carbocycles. The summed E-state index contributed by atoms with van der Waals surface area (Å²) < 4.78 is 2.15. The van der Waals surface area contributed by atoms with Crippen molar-refractivity contribution in [2.24, 2.45) is 0 Å². The van der Waals surface area contributed by atoms with Crippen LogP contribution in [0.4, 0.5) is 5.82 Å². The second-order valence-electron chi connectivity index (χ2n) is 8.06. The Balaban J connectivity index is 1.45. The van der Waals surface area contributed by atoms with E-state index < -0.39 is 0 Å². The van der Waals surface area contributed by atoms with E-state index in [2.05, 4.69) is 88.7 Å². The Morgan fingerprint density at radius 3 is 2.23 bits per heavy atom. The van der Waals surface area contributed by atoms with Crippen molar-refractivity contribution in [1.29, 1.82) is 0 Å². The topological polar surface area (TPSA) is 42.2 Å². The molecule has 0 saturated heterocycles. The molecular weight excluding hydrogens is 380 g/mol. The van der Waals surface area contributed by atoms with Gasteiger partial charge in [-0.1, -0.05) is 60.7 Å². The average molecular weight is 403 g/mol. The fourth-order valence-electron chi connectivity index (χ4n) is 3.95. The van der Waals surface area contributed by atoms with Crippen LogP contribution in [0.1, 0.15) is 12.8 Å². The summed E-state index contributed by atoms with van der Waals surface area (Å²) in [6.45, 7) is 0. The molecule has 0 radical (unpaired) electrons. The standard InChI is InChI=1S/C27H22N4/c1-3-7-19(8-4-1)21-13-14-31-25(18-28-27(31)17-21)22-15-24(20-9-5-2-6-10-20)30-26(16-22)29-23-11-12-23/h1-10,13-18,23H,11-12H2,(H,29,30). The predicted octanol–water partition coefficient (Wildman–Crippen LogP) is 6.30. The largest absolute Gasteiger partial charge is 0.367 e. The quantitative estimate of drug-likeness (QED) is 0.375. The van der Waals surface area contributed by atoms with E-state index in [9.17, 15) is 0 Å². The van der Waals surface area contributed by atoms with Crippen molar-refractivity contribution in [3.05, 3.63) is 97.3 Å². The maximum atomic E-state index is 4.89. The van der Waals surface area contributed by atoms with Crippen LogP contribution >= 0.6 is 0 Å². The lowest BCUT2D eigenvalue weighted by Crippen LogP contribution is -2.04. The van der Waals surface area contributed by atoms with E-state index in [1.165, 1.54) is 24.0 Å². The summed E-state index contributed by atoms with van der Waals surface area (Å²) in [5.41, 5.74) is 7.55. The van der Waals surface area contributed by atoms with Crippen molar-refractivity contribution >= 4 is 11.5 Å². The van der Waals surface area contributed by atoms with Gasteiger partial charge >= 0.3 is 0 Å². The highest BCUT2D eigenvalue weighted by Crippen LogP contribution is 2.32. The minimum absolute atomic E-state index is 0.544. The summed E-state index contributed by atoms with van der Waals surface area (Å²) in [4.78, 5) is 9.60. The summed E-state index contributed by atoms with van der Waals surface area (Å²) in [5.74, 6) is 0.926. The number of hydrogen-bond acceptors (Lipinski definition) is 3. The molecule has 31 heavy (non-hydrogen) atoms. The van der Waals surface area contributed by atoms with Crippen LogP contribution in [0.2, 0.25) is 0 Å². The average Bonchev–Trinajstić information content (AvgIpc) is 3.54. The van der Waals surface area contributed by atoms with E-state index >= 15 is 0 Å². The van der Waals surface area contributed by atoms with Crippen LogP contribution in [0.5, 0.6) is 0 Å². The number of imidazole rings is 1. The van der Waals surface area contributed by atoms with Gasteiger partial charge in [0.1, 0.15) is 11.5 Å². The number of benzene rings is 2. The van der Waals surface area contributed by atoms with E-state index in [1.807, 2.05) is 18.3 Å². The third kappa shape index (κ3) is 3.57. The van der Waals surface area contributed by atoms with E-state index in [-0.39, 0.29) is 0 Å². The van der Waals surface area contributed by atoms with E-state index in [0.717, 1.165) is 34.0 Å². The molecule has 6 rings (SSSR count). The molecule has 3 aromatic heterocycles. The molecule has 1 aliphatic carbocycles. The lowest BCUT2D eigenvalue weighted by molar-refractivity contribution is 1.11. The first-order chi connectivity index (χ1) is 15.3. The fourth-order valence-corrected chi connectivity index (χ4v) is 3.95. The van der Waals surface area contributed by atoms with Gasteiger partial charge in [0.25, 0.3) is 0 Å². The first-order valence-electron chi connectivity index (χ1n) is 10.7. The molecule has 0 bridgehead atoms. The Morgan fingerprint density at radius 1 is 0.742 bits per heavy atom. The van der Waals surface area contributed by atoms with Crippen LogP contribution in [0.15, 0.2) is 97.3 Å². The molecule has 1 saturated carbocycles. The molecule has 0 atom stereocenters. The minimum Gasteiger partial charge on any atom is -0.367 e. The first-order valence-corrected chi connectivity index (χ1v) is 10.7. The molecular formula is C27H22N4. The molecule has 1 aliphatic rings. The molecule has 0 aliphatic heterocycles. The number of aromatic nitrogens is 3. The first kappa shape index (κ1) is 17.9. The third-order valence-electron chi connectivity index (χ3n) is 5.74. The summed E-state index contributed by atoms with van der Waals surface area (Å²) in [7, 11) is 0. The Kier molecular flexibility index (Phi) is 4.27. The van der Waals surface area contributed by atoms with Crippen LogP contribution in [-0.2, 0) is 0 Å². The summed E-state index contributed by atoms with van der Waals surface area (Å²) >= 11 is 0. The highest BCUT2D eigenvalue weighted by molar-refractivity contribution is 5.75. The Bertz CT molecular complexity index is 1350. The highest BCUT2D eigenvalue weighted by atomic mass is 15.0. The lowest BCUT2D eigenvalue weighted by atomic mass is 10.1. The fraction of sp³-hybridized carbons (Fsp3) is 0.111. The number of rotatable bonds is 5. The molecule has 4 heteroatoms.